The van der Waals surface area contributed by atoms with E-state index in [4.69, 9.17) is 0 Å². The highest BCUT2D eigenvalue weighted by Crippen LogP contribution is 2.33. The average Bonchev–Trinajstić information content (AvgIpc) is 3.48. The molecule has 0 bridgehead atoms. The van der Waals surface area contributed by atoms with Crippen LogP contribution in [0.1, 0.15) is 5.56 Å². The summed E-state index contributed by atoms with van der Waals surface area (Å²) in [6.45, 7) is 0. The van der Waals surface area contributed by atoms with Crippen LogP contribution in [0.4, 0.5) is 0 Å². The van der Waals surface area contributed by atoms with E-state index >= 15 is 0 Å². The van der Waals surface area contributed by atoms with Crippen LogP contribution < -0.4 is 20.7 Å². The van der Waals surface area contributed by atoms with Gasteiger partial charge in [0.2, 0.25) is 0 Å². The quantitative estimate of drug-likeness (QED) is 0.142. The van der Waals surface area contributed by atoms with Gasteiger partial charge >= 0.3 is 0 Å². The predicted molar refractivity (Wildman–Crippen MR) is 195 cm³/mol. The van der Waals surface area contributed by atoms with Crippen molar-refractivity contribution in [1.29, 1.82) is 5.26 Å². The van der Waals surface area contributed by atoms with E-state index in [2.05, 4.69) is 187 Å². The monoisotopic (exact) mass is 602 g/mol. The molecule has 0 spiro atoms. The van der Waals surface area contributed by atoms with E-state index in [9.17, 15) is 5.26 Å². The number of para-hydroxylation sites is 2. The third-order valence-corrected chi connectivity index (χ3v) is 14.0. The molecule has 1 aromatic heterocycles. The second-order valence-corrected chi connectivity index (χ2v) is 15.4. The summed E-state index contributed by atoms with van der Waals surface area (Å²) in [5.41, 5.74) is 6.04. The largest absolute Gasteiger partial charge is 0.309 e. The van der Waals surface area contributed by atoms with Crippen LogP contribution >= 0.6 is 0 Å². The van der Waals surface area contributed by atoms with E-state index < -0.39 is 8.07 Å². The normalized spacial score (nSPS) is 11.5. The van der Waals surface area contributed by atoms with Crippen molar-refractivity contribution >= 4 is 50.6 Å². The fraction of sp³-hybridized carbons (Fsp3) is 0. The summed E-state index contributed by atoms with van der Waals surface area (Å²) in [4.78, 5) is 0. The zero-order valence-corrected chi connectivity index (χ0v) is 26.2. The van der Waals surface area contributed by atoms with E-state index in [1.807, 2.05) is 6.07 Å². The number of nitriles is 1. The number of hydrogen-bond donors (Lipinski definition) is 0. The van der Waals surface area contributed by atoms with Crippen molar-refractivity contribution < 1.29 is 0 Å². The van der Waals surface area contributed by atoms with Crippen molar-refractivity contribution in [2.24, 2.45) is 0 Å². The van der Waals surface area contributed by atoms with Crippen molar-refractivity contribution in [1.82, 2.24) is 4.57 Å². The Morgan fingerprint density at radius 2 is 0.935 bits per heavy atom. The lowest BCUT2D eigenvalue weighted by molar-refractivity contribution is 1.18. The Morgan fingerprint density at radius 3 is 1.46 bits per heavy atom. The van der Waals surface area contributed by atoms with Gasteiger partial charge in [0.25, 0.3) is 0 Å². The predicted octanol–water partition coefficient (Wildman–Crippen LogP) is 7.70. The van der Waals surface area contributed by atoms with Crippen LogP contribution in [0, 0.1) is 11.3 Å². The molecule has 8 rings (SSSR count). The summed E-state index contributed by atoms with van der Waals surface area (Å²) < 4.78 is 2.33. The van der Waals surface area contributed by atoms with Crippen LogP contribution in [-0.4, -0.2) is 12.6 Å². The highest BCUT2D eigenvalue weighted by Gasteiger charge is 2.41. The Labute approximate surface area is 270 Å². The lowest BCUT2D eigenvalue weighted by atomic mass is 10.00. The van der Waals surface area contributed by atoms with Crippen LogP contribution in [0.5, 0.6) is 0 Å². The molecule has 0 atom stereocenters. The Hall–Kier alpha value is -5.95. The molecule has 1 heterocycles. The first-order valence-corrected chi connectivity index (χ1v) is 17.6. The van der Waals surface area contributed by atoms with E-state index in [1.165, 1.54) is 42.6 Å². The van der Waals surface area contributed by atoms with Gasteiger partial charge in [-0.2, -0.15) is 5.26 Å². The highest BCUT2D eigenvalue weighted by atomic mass is 28.3. The minimum atomic E-state index is -2.75. The standard InChI is InChI=1S/C43H30N2Si/c44-31-33-27-28-38(46(35-17-4-1-5-18-35,36-19-6-2-7-20-36)37-21-8-3-9-22-37)30-41(33)32-15-14-16-34(29-32)45-42-25-12-10-23-39(42)40-24-11-13-26-43(40)45/h1-30H. The highest BCUT2D eigenvalue weighted by molar-refractivity contribution is 7.19. The molecule has 3 heteroatoms. The average molecular weight is 603 g/mol. The van der Waals surface area contributed by atoms with Crippen molar-refractivity contribution in [3.05, 3.63) is 188 Å². The first kappa shape index (κ1) is 27.6. The molecule has 0 amide bonds. The van der Waals surface area contributed by atoms with E-state index in [0.29, 0.717) is 5.56 Å². The summed E-state index contributed by atoms with van der Waals surface area (Å²) in [6, 6.07) is 67.5. The van der Waals surface area contributed by atoms with Crippen molar-refractivity contribution in [2.45, 2.75) is 0 Å². The number of benzene rings is 7. The van der Waals surface area contributed by atoms with Gasteiger partial charge in [-0.3, -0.25) is 0 Å². The maximum Gasteiger partial charge on any atom is 0.179 e. The molecule has 0 saturated carbocycles. The molecule has 0 fully saturated rings. The topological polar surface area (TPSA) is 28.7 Å². The maximum atomic E-state index is 10.4. The minimum absolute atomic E-state index is 0.667. The van der Waals surface area contributed by atoms with Crippen molar-refractivity contribution in [3.63, 3.8) is 0 Å². The van der Waals surface area contributed by atoms with Crippen LogP contribution in [-0.2, 0) is 0 Å². The van der Waals surface area contributed by atoms with Gasteiger partial charge in [0.05, 0.1) is 22.7 Å². The van der Waals surface area contributed by atoms with E-state index in [0.717, 1.165) is 16.8 Å². The van der Waals surface area contributed by atoms with E-state index in [1.54, 1.807) is 0 Å². The smallest absolute Gasteiger partial charge is 0.179 e. The van der Waals surface area contributed by atoms with E-state index in [-0.39, 0.29) is 0 Å². The Bertz CT molecular complexity index is 2220. The van der Waals surface area contributed by atoms with Crippen LogP contribution in [0.3, 0.4) is 0 Å². The third-order valence-electron chi connectivity index (χ3n) is 9.19. The first-order valence-electron chi connectivity index (χ1n) is 15.6. The van der Waals surface area contributed by atoms with Crippen LogP contribution in [0.2, 0.25) is 0 Å². The van der Waals surface area contributed by atoms with Gasteiger partial charge in [-0.15, -0.1) is 0 Å². The number of hydrogen-bond acceptors (Lipinski definition) is 1. The van der Waals surface area contributed by atoms with Gasteiger partial charge in [-0.25, -0.2) is 0 Å². The molecule has 46 heavy (non-hydrogen) atoms. The first-order chi connectivity index (χ1) is 22.8. The second-order valence-electron chi connectivity index (χ2n) is 11.6. The fourth-order valence-electron chi connectivity index (χ4n) is 7.19. The van der Waals surface area contributed by atoms with Gasteiger partial charge in [-0.05, 0) is 62.2 Å². The number of fused-ring (bicyclic) bond motifs is 3. The minimum Gasteiger partial charge on any atom is -0.309 e. The van der Waals surface area contributed by atoms with Crippen LogP contribution in [0.25, 0.3) is 38.6 Å². The van der Waals surface area contributed by atoms with Crippen molar-refractivity contribution in [2.75, 3.05) is 0 Å². The number of rotatable bonds is 6. The SMILES string of the molecule is N#Cc1ccc([Si](c2ccccc2)(c2ccccc2)c2ccccc2)cc1-c1cccc(-n2c3ccccc3c3ccccc32)c1. The summed E-state index contributed by atoms with van der Waals surface area (Å²) >= 11 is 0. The molecular formula is C43H30N2Si. The second kappa shape index (κ2) is 11.5. The molecular weight excluding hydrogens is 573 g/mol. The summed E-state index contributed by atoms with van der Waals surface area (Å²) in [5.74, 6) is 0. The molecule has 0 aliphatic heterocycles. The zero-order chi connectivity index (χ0) is 30.9. The van der Waals surface area contributed by atoms with Gasteiger partial charge in [0.1, 0.15) is 0 Å². The molecule has 0 aliphatic rings. The fourth-order valence-corrected chi connectivity index (χ4v) is 12.0. The van der Waals surface area contributed by atoms with Crippen molar-refractivity contribution in [3.8, 4) is 22.9 Å². The number of nitrogens with zero attached hydrogens (tertiary/aromatic N) is 2. The molecule has 0 saturated heterocycles. The molecule has 216 valence electrons. The summed E-state index contributed by atoms with van der Waals surface area (Å²) in [5, 5.41) is 18.0. The van der Waals surface area contributed by atoms with Gasteiger partial charge in [0, 0.05) is 16.5 Å². The number of aromatic nitrogens is 1. The molecule has 0 radical (unpaired) electrons. The summed E-state index contributed by atoms with van der Waals surface area (Å²) in [7, 11) is -2.75. The molecule has 0 aliphatic carbocycles. The van der Waals surface area contributed by atoms with Gasteiger partial charge < -0.3 is 4.57 Å². The summed E-state index contributed by atoms with van der Waals surface area (Å²) in [6.07, 6.45) is 0. The zero-order valence-electron chi connectivity index (χ0n) is 25.2. The Kier molecular flexibility index (Phi) is 6.91. The Morgan fingerprint density at radius 1 is 0.435 bits per heavy atom. The molecule has 0 unspecified atom stereocenters. The lowest BCUT2D eigenvalue weighted by Gasteiger charge is -2.34. The maximum absolute atomic E-state index is 10.4. The molecule has 0 N–H and O–H groups in total. The molecule has 8 aromatic rings. The molecule has 7 aromatic carbocycles. The van der Waals surface area contributed by atoms with Gasteiger partial charge in [0.15, 0.2) is 8.07 Å². The third kappa shape index (κ3) is 4.39. The molecule has 2 nitrogen and oxygen atoms in total. The Balaban J connectivity index is 1.39. The van der Waals surface area contributed by atoms with Gasteiger partial charge in [-0.1, -0.05) is 152 Å². The van der Waals surface area contributed by atoms with Crippen LogP contribution in [0.15, 0.2) is 182 Å². The lowest BCUT2D eigenvalue weighted by Crippen LogP contribution is -2.74.